The predicted molar refractivity (Wildman–Crippen MR) is 272 cm³/mol. The van der Waals surface area contributed by atoms with Crippen LogP contribution in [0, 0.1) is 0 Å². The molecule has 0 atom stereocenters. The van der Waals surface area contributed by atoms with Gasteiger partial charge in [0.2, 0.25) is 0 Å². The molecule has 0 aliphatic heterocycles. The van der Waals surface area contributed by atoms with Gasteiger partial charge in [-0.1, -0.05) is 141 Å². The van der Waals surface area contributed by atoms with Crippen molar-refractivity contribution in [1.29, 1.82) is 0 Å². The van der Waals surface area contributed by atoms with Gasteiger partial charge in [0.25, 0.3) is 0 Å². The number of benzene rings is 6. The van der Waals surface area contributed by atoms with Crippen LogP contribution in [0.4, 0.5) is 0 Å². The van der Waals surface area contributed by atoms with Gasteiger partial charge in [0.15, 0.2) is 0 Å². The second-order valence-electron chi connectivity index (χ2n) is 13.4. The molecule has 0 bridgehead atoms. The molecule has 0 spiro atoms. The summed E-state index contributed by atoms with van der Waals surface area (Å²) >= 11 is -2.94. The molecule has 6 aromatic rings. The van der Waals surface area contributed by atoms with Crippen molar-refractivity contribution in [2.24, 2.45) is 0 Å². The number of halogens is 6. The monoisotopic (exact) mass is 1520 g/mol. The maximum absolute atomic E-state index is 9.16. The summed E-state index contributed by atoms with van der Waals surface area (Å²) in [5.41, 5.74) is 0. The molecule has 0 saturated carbocycles. The van der Waals surface area contributed by atoms with E-state index in [0.717, 1.165) is 10.7 Å². The standard InChI is InChI=1S/2C22H23BrP.4BrH.4Mn.2H2O.10O/c2*23-18-10-11-19-24(20-12-4-1-5-13-20,21-14-6-2-7-15-21)22-16-8-3-9-17-22;;;;;;;;;;;;;;;;;;;;/h2*1-9,12-17H,10-11,18-19H2;4*1H;;;;;2*1H2;;;;;;;;;;/q2*+1;;;;;2*+1;2*+2;;;;;;;;;;;2*-1/p-6. The molecule has 0 saturated heterocycles. The summed E-state index contributed by atoms with van der Waals surface area (Å²) in [6.07, 6.45) is 7.34. The van der Waals surface area contributed by atoms with Crippen LogP contribution in [0.3, 0.4) is 0 Å². The summed E-state index contributed by atoms with van der Waals surface area (Å²) in [4.78, 5) is 0. The Bertz CT molecular complexity index is 2270. The van der Waals surface area contributed by atoms with Crippen molar-refractivity contribution in [1.82, 2.24) is 0 Å². The molecule has 0 amide bonds. The molecule has 0 fully saturated rings. The molecule has 6 aromatic carbocycles. The molecule has 376 valence electrons. The van der Waals surface area contributed by atoms with Gasteiger partial charge in [-0.2, -0.15) is 0 Å². The molecule has 0 radical (unpaired) electrons. The molecule has 0 aromatic heterocycles. The Balaban J connectivity index is 0.000000488. The maximum atomic E-state index is 9.16. The van der Waals surface area contributed by atoms with E-state index in [9.17, 15) is 0 Å². The van der Waals surface area contributed by atoms with Crippen molar-refractivity contribution in [3.8, 4) is 0 Å². The van der Waals surface area contributed by atoms with Gasteiger partial charge in [-0.15, -0.1) is 0 Å². The molecular weight excluding hydrogens is 1480 g/mol. The van der Waals surface area contributed by atoms with Gasteiger partial charge in [0.1, 0.15) is 46.4 Å². The van der Waals surface area contributed by atoms with E-state index >= 15 is 0 Å². The SMILES string of the molecule is BrCCCC[P+](c1ccccc1)(c1ccccc1)c1ccccc1.BrCCCC[P+](c1ccccc1)(c1ccccc1)c1ccccc1.[O]=[Mn](=[O])([O-])[Br].[O]=[Mn](=[O])([O-])[Br].[O]=[Mn](=[O])([OH])[Br].[O]=[Mn](=[O])([OH])[Br]. The fraction of sp³-hybridized carbons (Fsp3) is 0.182. The molecule has 6 rings (SSSR count). The summed E-state index contributed by atoms with van der Waals surface area (Å²) < 4.78 is 106. The van der Waals surface area contributed by atoms with Crippen molar-refractivity contribution in [3.63, 3.8) is 0 Å². The van der Waals surface area contributed by atoms with Crippen LogP contribution >= 0.6 is 103 Å². The van der Waals surface area contributed by atoms with E-state index in [1.807, 2.05) is 56.4 Å². The molecule has 0 aliphatic rings. The van der Waals surface area contributed by atoms with Crippen LogP contribution in [0.15, 0.2) is 182 Å². The summed E-state index contributed by atoms with van der Waals surface area (Å²) in [6, 6.07) is 66.7. The van der Waals surface area contributed by atoms with Gasteiger partial charge in [0, 0.05) is 10.7 Å². The molecule has 2 N–H and O–H groups in total. The molecular formula is C44H48Br6Mn4O12P2. The van der Waals surface area contributed by atoms with Gasteiger partial charge in [-0.05, 0) is 98.5 Å². The second kappa shape index (κ2) is 34.0. The number of rotatable bonds is 14. The van der Waals surface area contributed by atoms with Crippen LogP contribution in [0.5, 0.6) is 0 Å². The molecule has 0 heterocycles. The van der Waals surface area contributed by atoms with Gasteiger partial charge in [-0.3, -0.25) is 0 Å². The third kappa shape index (κ3) is 29.8. The second-order valence-corrected chi connectivity index (χ2v) is 39.1. The average Bonchev–Trinajstić information content (AvgIpc) is 3.27. The zero-order valence-electron chi connectivity index (χ0n) is 35.6. The zero-order chi connectivity index (χ0) is 51.3. The molecule has 24 heteroatoms. The van der Waals surface area contributed by atoms with E-state index < -0.39 is 59.4 Å². The first-order valence-electron chi connectivity index (χ1n) is 19.4. The van der Waals surface area contributed by atoms with E-state index in [0.29, 0.717) is 0 Å². The Morgan fingerprint density at radius 2 is 0.471 bits per heavy atom. The number of unbranched alkanes of at least 4 members (excludes halogenated alkanes) is 2. The third-order valence-electron chi connectivity index (χ3n) is 8.94. The van der Waals surface area contributed by atoms with E-state index in [2.05, 4.69) is 214 Å². The average molecular weight is 1530 g/mol. The minimum atomic E-state index is -4.56. The first-order valence-corrected chi connectivity index (χ1v) is 43.2. The van der Waals surface area contributed by atoms with Crippen molar-refractivity contribution >= 4 is 135 Å². The van der Waals surface area contributed by atoms with Gasteiger partial charge in [-0.25, -0.2) is 0 Å². The van der Waals surface area contributed by atoms with Crippen molar-refractivity contribution in [3.05, 3.63) is 182 Å². The number of alkyl halides is 2. The topological polar surface area (TPSA) is 223 Å². The van der Waals surface area contributed by atoms with E-state index in [4.69, 9.17) is 47.4 Å². The predicted octanol–water partition coefficient (Wildman–Crippen LogP) is 9.24. The van der Waals surface area contributed by atoms with Crippen molar-refractivity contribution in [2.45, 2.75) is 25.7 Å². The fourth-order valence-corrected chi connectivity index (χ4v) is 16.3. The van der Waals surface area contributed by atoms with E-state index in [1.54, 1.807) is 0 Å². The first-order chi connectivity index (χ1) is 31.8. The molecule has 12 nitrogen and oxygen atoms in total. The molecule has 68 heavy (non-hydrogen) atoms. The third-order valence-corrected chi connectivity index (χ3v) is 19.1. The van der Waals surface area contributed by atoms with Crippen molar-refractivity contribution in [2.75, 3.05) is 23.0 Å². The van der Waals surface area contributed by atoms with Crippen LogP contribution in [-0.4, -0.2) is 31.4 Å². The zero-order valence-corrected chi connectivity index (χ0v) is 51.7. The Labute approximate surface area is 452 Å². The molecule has 0 aliphatic carbocycles. The molecule has 0 unspecified atom stereocenters. The normalized spacial score (nSPS) is 11.4. The van der Waals surface area contributed by atoms with Crippen LogP contribution in [0.1, 0.15) is 25.7 Å². The summed E-state index contributed by atoms with van der Waals surface area (Å²) in [5, 5.41) is 11.0. The van der Waals surface area contributed by atoms with Gasteiger partial charge in [0.05, 0.1) is 12.3 Å². The fourth-order valence-electron chi connectivity index (χ4n) is 6.65. The van der Waals surface area contributed by atoms with Crippen LogP contribution in [0.25, 0.3) is 0 Å². The van der Waals surface area contributed by atoms with Gasteiger partial charge >= 0.3 is 149 Å². The Morgan fingerprint density at radius 3 is 0.588 bits per heavy atom. The van der Waals surface area contributed by atoms with Crippen LogP contribution in [0.2, 0.25) is 0 Å². The first kappa shape index (κ1) is 65.4. The van der Waals surface area contributed by atoms with Crippen molar-refractivity contribution < 1.29 is 92.4 Å². The number of hydrogen-bond donors (Lipinski definition) is 2. The quantitative estimate of drug-likeness (QED) is 0.0451. The van der Waals surface area contributed by atoms with Gasteiger partial charge < -0.3 is 0 Å². The Morgan fingerprint density at radius 1 is 0.338 bits per heavy atom. The summed E-state index contributed by atoms with van der Waals surface area (Å²) in [7, 11) is -3.21. The summed E-state index contributed by atoms with van der Waals surface area (Å²) in [5.74, 6) is 0. The Hall–Kier alpha value is -0.622. The number of hydrogen-bond acceptors (Lipinski definition) is 10. The van der Waals surface area contributed by atoms with Crippen LogP contribution < -0.4 is 40.2 Å². The van der Waals surface area contributed by atoms with E-state index in [1.165, 1.54) is 69.8 Å². The van der Waals surface area contributed by atoms with E-state index in [-0.39, 0.29) is 0 Å². The van der Waals surface area contributed by atoms with Crippen LogP contribution in [-0.2, 0) is 75.6 Å². The minimum absolute atomic E-state index is 1.07. The summed E-state index contributed by atoms with van der Waals surface area (Å²) in [6.45, 7) is 0. The Kier molecular flexibility index (Phi) is 32.7.